The highest BCUT2D eigenvalue weighted by Gasteiger charge is 2.19. The van der Waals surface area contributed by atoms with Gasteiger partial charge in [0.2, 0.25) is 0 Å². The van der Waals surface area contributed by atoms with Gasteiger partial charge in [-0.2, -0.15) is 0 Å². The van der Waals surface area contributed by atoms with Crippen LogP contribution in [0.3, 0.4) is 0 Å². The molecule has 0 aliphatic carbocycles. The molecule has 1 atom stereocenters. The third kappa shape index (κ3) is 3.04. The SMILES string of the molecule is COc1cccc(F)c1C(Br)c1ccc(C(C)C)cc1. The molecule has 106 valence electrons. The van der Waals surface area contributed by atoms with E-state index in [1.807, 2.05) is 12.1 Å². The van der Waals surface area contributed by atoms with Crippen LogP contribution < -0.4 is 4.74 Å². The molecule has 2 aromatic carbocycles. The Morgan fingerprint density at radius 1 is 1.00 bits per heavy atom. The van der Waals surface area contributed by atoms with Crippen molar-refractivity contribution in [3.8, 4) is 5.75 Å². The van der Waals surface area contributed by atoms with Gasteiger partial charge in [-0.15, -0.1) is 0 Å². The van der Waals surface area contributed by atoms with E-state index in [1.54, 1.807) is 19.2 Å². The lowest BCUT2D eigenvalue weighted by molar-refractivity contribution is 0.405. The topological polar surface area (TPSA) is 9.23 Å². The highest BCUT2D eigenvalue weighted by atomic mass is 79.9. The van der Waals surface area contributed by atoms with Crippen molar-refractivity contribution >= 4 is 15.9 Å². The molecular weight excluding hydrogens is 319 g/mol. The number of hydrogen-bond acceptors (Lipinski definition) is 1. The zero-order valence-corrected chi connectivity index (χ0v) is 13.4. The fraction of sp³-hybridized carbons (Fsp3) is 0.294. The van der Waals surface area contributed by atoms with E-state index in [0.29, 0.717) is 17.2 Å². The van der Waals surface area contributed by atoms with E-state index in [2.05, 4.69) is 41.9 Å². The van der Waals surface area contributed by atoms with Gasteiger partial charge in [0.25, 0.3) is 0 Å². The van der Waals surface area contributed by atoms with Crippen molar-refractivity contribution in [2.24, 2.45) is 0 Å². The van der Waals surface area contributed by atoms with E-state index in [-0.39, 0.29) is 10.6 Å². The molecule has 0 bridgehead atoms. The number of halogens is 2. The molecule has 0 N–H and O–H groups in total. The summed E-state index contributed by atoms with van der Waals surface area (Å²) in [6, 6.07) is 13.1. The van der Waals surface area contributed by atoms with Crippen LogP contribution in [0.2, 0.25) is 0 Å². The molecule has 0 saturated heterocycles. The van der Waals surface area contributed by atoms with Gasteiger partial charge in [-0.25, -0.2) is 4.39 Å². The van der Waals surface area contributed by atoms with Gasteiger partial charge in [0.15, 0.2) is 0 Å². The van der Waals surface area contributed by atoms with Gasteiger partial charge in [-0.3, -0.25) is 0 Å². The molecule has 3 heteroatoms. The summed E-state index contributed by atoms with van der Waals surface area (Å²) in [7, 11) is 1.56. The van der Waals surface area contributed by atoms with Crippen molar-refractivity contribution in [3.63, 3.8) is 0 Å². The first-order valence-electron chi connectivity index (χ1n) is 6.61. The van der Waals surface area contributed by atoms with Crippen molar-refractivity contribution in [2.45, 2.75) is 24.6 Å². The first-order valence-corrected chi connectivity index (χ1v) is 7.52. The molecule has 0 spiro atoms. The van der Waals surface area contributed by atoms with Crippen LogP contribution in [0.25, 0.3) is 0 Å². The molecule has 1 nitrogen and oxygen atoms in total. The second kappa shape index (κ2) is 6.40. The minimum Gasteiger partial charge on any atom is -0.496 e. The number of benzene rings is 2. The number of methoxy groups -OCH3 is 1. The van der Waals surface area contributed by atoms with Crippen LogP contribution in [0.5, 0.6) is 5.75 Å². The molecule has 0 heterocycles. The van der Waals surface area contributed by atoms with Gasteiger partial charge >= 0.3 is 0 Å². The Bertz CT molecular complexity index is 578. The molecule has 0 saturated carbocycles. The molecule has 0 aliphatic rings. The maximum Gasteiger partial charge on any atom is 0.131 e. The normalized spacial score (nSPS) is 12.5. The van der Waals surface area contributed by atoms with Crippen molar-refractivity contribution in [3.05, 3.63) is 65.0 Å². The number of ether oxygens (including phenoxy) is 1. The maximum absolute atomic E-state index is 14.1. The van der Waals surface area contributed by atoms with Crippen LogP contribution in [0.15, 0.2) is 42.5 Å². The molecule has 1 unspecified atom stereocenters. The van der Waals surface area contributed by atoms with E-state index in [9.17, 15) is 4.39 Å². The van der Waals surface area contributed by atoms with E-state index < -0.39 is 0 Å². The fourth-order valence-corrected chi connectivity index (χ4v) is 2.91. The third-order valence-electron chi connectivity index (χ3n) is 3.38. The quantitative estimate of drug-likeness (QED) is 0.675. The van der Waals surface area contributed by atoms with Gasteiger partial charge in [-0.1, -0.05) is 60.1 Å². The van der Waals surface area contributed by atoms with Gasteiger partial charge in [-0.05, 0) is 29.2 Å². The largest absolute Gasteiger partial charge is 0.496 e. The minimum atomic E-state index is -0.265. The highest BCUT2D eigenvalue weighted by Crippen LogP contribution is 2.38. The van der Waals surface area contributed by atoms with Crippen molar-refractivity contribution < 1.29 is 9.13 Å². The lowest BCUT2D eigenvalue weighted by atomic mass is 9.98. The Labute approximate surface area is 127 Å². The first kappa shape index (κ1) is 15.0. The molecule has 2 rings (SSSR count). The zero-order valence-electron chi connectivity index (χ0n) is 11.9. The Kier molecular flexibility index (Phi) is 4.81. The van der Waals surface area contributed by atoms with Crippen molar-refractivity contribution in [1.82, 2.24) is 0 Å². The summed E-state index contributed by atoms with van der Waals surface area (Å²) in [4.78, 5) is -0.222. The van der Waals surface area contributed by atoms with E-state index in [4.69, 9.17) is 4.74 Å². The van der Waals surface area contributed by atoms with Gasteiger partial charge in [0.05, 0.1) is 11.9 Å². The summed E-state index contributed by atoms with van der Waals surface area (Å²) in [5, 5.41) is 0. The van der Waals surface area contributed by atoms with Gasteiger partial charge in [0.1, 0.15) is 11.6 Å². The Morgan fingerprint density at radius 2 is 1.60 bits per heavy atom. The maximum atomic E-state index is 14.1. The molecule has 0 aromatic heterocycles. The standard InChI is InChI=1S/C17H18BrFO/c1-11(2)12-7-9-13(10-8-12)17(18)16-14(19)5-4-6-15(16)20-3/h4-11,17H,1-3H3. The molecule has 2 aromatic rings. The fourth-order valence-electron chi connectivity index (χ4n) is 2.16. The Balaban J connectivity index is 2.38. The second-order valence-electron chi connectivity index (χ2n) is 5.04. The van der Waals surface area contributed by atoms with E-state index >= 15 is 0 Å². The second-order valence-corrected chi connectivity index (χ2v) is 5.96. The van der Waals surface area contributed by atoms with Crippen LogP contribution in [0.1, 0.15) is 41.3 Å². The van der Waals surface area contributed by atoms with E-state index in [0.717, 1.165) is 5.56 Å². The summed E-state index contributed by atoms with van der Waals surface area (Å²) in [5.41, 5.74) is 2.82. The average molecular weight is 337 g/mol. The van der Waals surface area contributed by atoms with Crippen LogP contribution in [-0.4, -0.2) is 7.11 Å². The molecule has 0 aliphatic heterocycles. The van der Waals surface area contributed by atoms with Crippen LogP contribution in [0, 0.1) is 5.82 Å². The third-order valence-corrected chi connectivity index (χ3v) is 4.37. The molecule has 0 radical (unpaired) electrons. The van der Waals surface area contributed by atoms with Crippen LogP contribution in [-0.2, 0) is 0 Å². The minimum absolute atomic E-state index is 0.222. The van der Waals surface area contributed by atoms with Crippen LogP contribution in [0.4, 0.5) is 4.39 Å². The van der Waals surface area contributed by atoms with Gasteiger partial charge < -0.3 is 4.74 Å². The Hall–Kier alpha value is -1.35. The predicted molar refractivity (Wildman–Crippen MR) is 84.3 cm³/mol. The molecule has 0 fully saturated rings. The molecule has 0 amide bonds. The number of rotatable bonds is 4. The first-order chi connectivity index (χ1) is 9.54. The predicted octanol–water partition coefficient (Wildman–Crippen LogP) is 5.44. The highest BCUT2D eigenvalue weighted by molar-refractivity contribution is 9.09. The number of hydrogen-bond donors (Lipinski definition) is 0. The lowest BCUT2D eigenvalue weighted by Crippen LogP contribution is -2.01. The van der Waals surface area contributed by atoms with Gasteiger partial charge in [0, 0.05) is 5.56 Å². The summed E-state index contributed by atoms with van der Waals surface area (Å²) in [5.74, 6) is 0.778. The smallest absolute Gasteiger partial charge is 0.131 e. The lowest BCUT2D eigenvalue weighted by Gasteiger charge is -2.16. The summed E-state index contributed by atoms with van der Waals surface area (Å²) < 4.78 is 19.3. The summed E-state index contributed by atoms with van der Waals surface area (Å²) in [6.45, 7) is 4.31. The number of alkyl halides is 1. The monoisotopic (exact) mass is 336 g/mol. The van der Waals surface area contributed by atoms with Crippen molar-refractivity contribution in [2.75, 3.05) is 7.11 Å². The van der Waals surface area contributed by atoms with E-state index in [1.165, 1.54) is 11.6 Å². The average Bonchev–Trinajstić information content (AvgIpc) is 2.46. The Morgan fingerprint density at radius 3 is 2.15 bits per heavy atom. The molecule has 20 heavy (non-hydrogen) atoms. The zero-order chi connectivity index (χ0) is 14.7. The summed E-state index contributed by atoms with van der Waals surface area (Å²) >= 11 is 3.58. The van der Waals surface area contributed by atoms with Crippen molar-refractivity contribution in [1.29, 1.82) is 0 Å². The molecular formula is C17H18BrFO. The van der Waals surface area contributed by atoms with Crippen LogP contribution >= 0.6 is 15.9 Å². The summed E-state index contributed by atoms with van der Waals surface area (Å²) in [6.07, 6.45) is 0.